The van der Waals surface area contributed by atoms with E-state index in [1.807, 2.05) is 12.1 Å². The van der Waals surface area contributed by atoms with Crippen molar-refractivity contribution in [1.29, 1.82) is 0 Å². The van der Waals surface area contributed by atoms with Gasteiger partial charge in [-0.25, -0.2) is 8.78 Å². The number of amides is 1. The topological polar surface area (TPSA) is 41.1 Å². The highest BCUT2D eigenvalue weighted by Gasteiger charge is 2.42. The molecular weight excluding hydrogens is 286 g/mol. The molecule has 0 aromatic heterocycles. The molecule has 2 rings (SSSR count). The zero-order valence-corrected chi connectivity index (χ0v) is 12.3. The van der Waals surface area contributed by atoms with Crippen LogP contribution < -0.4 is 10.6 Å². The average molecular weight is 305 g/mol. The molecule has 6 heteroatoms. The molecule has 3 nitrogen and oxygen atoms in total. The molecule has 2 N–H and O–H groups in total. The third-order valence-corrected chi connectivity index (χ3v) is 3.27. The van der Waals surface area contributed by atoms with Crippen LogP contribution in [-0.4, -0.2) is 24.4 Å². The highest BCUT2D eigenvalue weighted by Crippen LogP contribution is 2.26. The van der Waals surface area contributed by atoms with Crippen molar-refractivity contribution in [2.24, 2.45) is 0 Å². The van der Waals surface area contributed by atoms with Gasteiger partial charge < -0.3 is 5.32 Å². The van der Waals surface area contributed by atoms with E-state index in [1.165, 1.54) is 5.56 Å². The van der Waals surface area contributed by atoms with E-state index < -0.39 is 30.8 Å². The molecule has 1 atom stereocenters. The fourth-order valence-corrected chi connectivity index (χ4v) is 2.08. The van der Waals surface area contributed by atoms with Gasteiger partial charge in [-0.15, -0.1) is 12.4 Å². The molecule has 0 aliphatic carbocycles. The number of hydrogen-bond donors (Lipinski definition) is 2. The fraction of sp³-hybridized carbons (Fsp3) is 0.500. The minimum atomic E-state index is -2.79. The molecule has 20 heavy (non-hydrogen) atoms. The number of benzene rings is 1. The summed E-state index contributed by atoms with van der Waals surface area (Å²) in [6, 6.07) is 6.62. The van der Waals surface area contributed by atoms with Crippen LogP contribution in [0.5, 0.6) is 0 Å². The third-order valence-electron chi connectivity index (χ3n) is 3.27. The van der Waals surface area contributed by atoms with Crippen LogP contribution >= 0.6 is 12.4 Å². The minimum Gasteiger partial charge on any atom is -0.325 e. The van der Waals surface area contributed by atoms with Crippen molar-refractivity contribution in [2.45, 2.75) is 38.2 Å². The number of carbonyl (C=O) groups excluding carboxylic acids is 1. The van der Waals surface area contributed by atoms with Gasteiger partial charge in [0.2, 0.25) is 5.91 Å². The zero-order valence-electron chi connectivity index (χ0n) is 11.5. The zero-order chi connectivity index (χ0) is 14.0. The van der Waals surface area contributed by atoms with E-state index in [2.05, 4.69) is 24.5 Å². The van der Waals surface area contributed by atoms with Crippen molar-refractivity contribution in [3.8, 4) is 0 Å². The molecule has 1 unspecified atom stereocenters. The van der Waals surface area contributed by atoms with Gasteiger partial charge in [0.15, 0.2) is 0 Å². The molecule has 0 radical (unpaired) electrons. The van der Waals surface area contributed by atoms with E-state index in [1.54, 1.807) is 12.1 Å². The Labute approximate surface area is 123 Å². The summed E-state index contributed by atoms with van der Waals surface area (Å²) in [5, 5.41) is 5.19. The van der Waals surface area contributed by atoms with Gasteiger partial charge in [-0.1, -0.05) is 26.0 Å². The van der Waals surface area contributed by atoms with E-state index in [9.17, 15) is 13.6 Å². The predicted molar refractivity (Wildman–Crippen MR) is 77.8 cm³/mol. The number of halogens is 3. The fourth-order valence-electron chi connectivity index (χ4n) is 2.08. The van der Waals surface area contributed by atoms with Crippen LogP contribution in [0.3, 0.4) is 0 Å². The van der Waals surface area contributed by atoms with Crippen molar-refractivity contribution in [3.05, 3.63) is 29.8 Å². The first kappa shape index (κ1) is 16.9. The Morgan fingerprint density at radius 3 is 2.40 bits per heavy atom. The van der Waals surface area contributed by atoms with Gasteiger partial charge in [-0.05, 0) is 23.6 Å². The van der Waals surface area contributed by atoms with E-state index in [-0.39, 0.29) is 12.4 Å². The van der Waals surface area contributed by atoms with Gasteiger partial charge >= 0.3 is 0 Å². The Balaban J connectivity index is 0.00000200. The number of anilines is 1. The quantitative estimate of drug-likeness (QED) is 0.900. The second-order valence-electron chi connectivity index (χ2n) is 5.26. The molecule has 0 bridgehead atoms. The van der Waals surface area contributed by atoms with Crippen molar-refractivity contribution < 1.29 is 13.6 Å². The van der Waals surface area contributed by atoms with E-state index in [0.717, 1.165) is 0 Å². The molecule has 1 aromatic carbocycles. The standard InChI is InChI=1S/C14H18F2N2O.ClH/c1-9(2)10-3-5-11(6-4-10)18-13(19)12-7-14(15,16)8-17-12;/h3-6,9,12,17H,7-8H2,1-2H3,(H,18,19);1H. The number of nitrogens with one attached hydrogen (secondary N) is 2. The first-order valence-electron chi connectivity index (χ1n) is 6.39. The van der Waals surface area contributed by atoms with E-state index >= 15 is 0 Å². The second kappa shape index (κ2) is 6.50. The summed E-state index contributed by atoms with van der Waals surface area (Å²) >= 11 is 0. The highest BCUT2D eigenvalue weighted by molar-refractivity contribution is 5.95. The maximum absolute atomic E-state index is 13.0. The van der Waals surface area contributed by atoms with E-state index in [0.29, 0.717) is 11.6 Å². The van der Waals surface area contributed by atoms with E-state index in [4.69, 9.17) is 0 Å². The van der Waals surface area contributed by atoms with Gasteiger partial charge in [-0.3, -0.25) is 10.1 Å². The normalized spacial score (nSPS) is 20.6. The molecular formula is C14H19ClF2N2O. The number of hydrogen-bond acceptors (Lipinski definition) is 2. The Bertz CT molecular complexity index is 463. The molecule has 1 aliphatic rings. The van der Waals surface area contributed by atoms with Gasteiger partial charge in [0.05, 0.1) is 12.6 Å². The molecule has 1 amide bonds. The summed E-state index contributed by atoms with van der Waals surface area (Å²) in [6.07, 6.45) is -0.442. The Morgan fingerprint density at radius 1 is 1.35 bits per heavy atom. The average Bonchev–Trinajstić information content (AvgIpc) is 2.70. The summed E-state index contributed by atoms with van der Waals surface area (Å²) in [7, 11) is 0. The summed E-state index contributed by atoms with van der Waals surface area (Å²) in [4.78, 5) is 11.8. The van der Waals surface area contributed by atoms with Crippen LogP contribution in [0.2, 0.25) is 0 Å². The van der Waals surface area contributed by atoms with Gasteiger partial charge in [0.25, 0.3) is 5.92 Å². The molecule has 1 aliphatic heterocycles. The molecule has 1 fully saturated rings. The van der Waals surface area contributed by atoms with Crippen LogP contribution in [0.25, 0.3) is 0 Å². The lowest BCUT2D eigenvalue weighted by molar-refractivity contribution is -0.118. The lowest BCUT2D eigenvalue weighted by atomic mass is 10.0. The molecule has 1 aromatic rings. The number of carbonyl (C=O) groups is 1. The monoisotopic (exact) mass is 304 g/mol. The Morgan fingerprint density at radius 2 is 1.95 bits per heavy atom. The lowest BCUT2D eigenvalue weighted by Crippen LogP contribution is -2.35. The maximum atomic E-state index is 13.0. The van der Waals surface area contributed by atoms with Crippen LogP contribution in [0.1, 0.15) is 31.7 Å². The first-order valence-corrected chi connectivity index (χ1v) is 6.39. The second-order valence-corrected chi connectivity index (χ2v) is 5.26. The molecule has 0 spiro atoms. The smallest absolute Gasteiger partial charge is 0.262 e. The summed E-state index contributed by atoms with van der Waals surface area (Å²) < 4.78 is 26.0. The SMILES string of the molecule is CC(C)c1ccc(NC(=O)C2CC(F)(F)CN2)cc1.Cl. The summed E-state index contributed by atoms with van der Waals surface area (Å²) in [6.45, 7) is 3.73. The van der Waals surface area contributed by atoms with Crippen LogP contribution in [-0.2, 0) is 4.79 Å². The Hall–Kier alpha value is -1.20. The lowest BCUT2D eigenvalue weighted by Gasteiger charge is -2.12. The van der Waals surface area contributed by atoms with Crippen LogP contribution in [0, 0.1) is 0 Å². The minimum absolute atomic E-state index is 0. The number of rotatable bonds is 3. The largest absolute Gasteiger partial charge is 0.325 e. The van der Waals surface area contributed by atoms with Gasteiger partial charge in [-0.2, -0.15) is 0 Å². The summed E-state index contributed by atoms with van der Waals surface area (Å²) in [5.74, 6) is -2.78. The molecule has 1 heterocycles. The molecule has 1 saturated heterocycles. The highest BCUT2D eigenvalue weighted by atomic mass is 35.5. The van der Waals surface area contributed by atoms with Gasteiger partial charge in [0, 0.05) is 12.1 Å². The predicted octanol–water partition coefficient (Wildman–Crippen LogP) is 3.17. The van der Waals surface area contributed by atoms with Crippen LogP contribution in [0.4, 0.5) is 14.5 Å². The third kappa shape index (κ3) is 4.15. The number of alkyl halides is 2. The Kier molecular flexibility index (Phi) is 5.48. The van der Waals surface area contributed by atoms with Crippen molar-refractivity contribution in [3.63, 3.8) is 0 Å². The van der Waals surface area contributed by atoms with Crippen molar-refractivity contribution >= 4 is 24.0 Å². The molecule has 112 valence electrons. The first-order chi connectivity index (χ1) is 8.87. The summed E-state index contributed by atoms with van der Waals surface area (Å²) in [5.41, 5.74) is 1.80. The molecule has 0 saturated carbocycles. The maximum Gasteiger partial charge on any atom is 0.262 e. The van der Waals surface area contributed by atoms with Crippen molar-refractivity contribution in [2.75, 3.05) is 11.9 Å². The van der Waals surface area contributed by atoms with Crippen LogP contribution in [0.15, 0.2) is 24.3 Å². The van der Waals surface area contributed by atoms with Gasteiger partial charge in [0.1, 0.15) is 0 Å². The van der Waals surface area contributed by atoms with Crippen molar-refractivity contribution in [1.82, 2.24) is 5.32 Å².